The molecule has 2 aliphatic rings. The molecular formula is C23H28O3S. The van der Waals surface area contributed by atoms with Gasteiger partial charge < -0.3 is 9.84 Å². The lowest BCUT2D eigenvalue weighted by molar-refractivity contribution is 0.0985. The van der Waals surface area contributed by atoms with Crippen molar-refractivity contribution in [1.82, 2.24) is 0 Å². The van der Waals surface area contributed by atoms with Gasteiger partial charge in [0.2, 0.25) is 0 Å². The molecule has 144 valence electrons. The van der Waals surface area contributed by atoms with Crippen LogP contribution >= 0.6 is 11.3 Å². The molecule has 1 N–H and O–H groups in total. The Kier molecular flexibility index (Phi) is 4.68. The van der Waals surface area contributed by atoms with E-state index in [0.29, 0.717) is 24.4 Å². The van der Waals surface area contributed by atoms with E-state index in [4.69, 9.17) is 4.74 Å². The van der Waals surface area contributed by atoms with Crippen molar-refractivity contribution in [2.75, 3.05) is 6.61 Å². The van der Waals surface area contributed by atoms with Crippen molar-refractivity contribution in [1.29, 1.82) is 0 Å². The summed E-state index contributed by atoms with van der Waals surface area (Å²) in [6.45, 7) is 8.90. The van der Waals surface area contributed by atoms with Crippen molar-refractivity contribution in [3.63, 3.8) is 0 Å². The number of thiophene rings is 1. The van der Waals surface area contributed by atoms with Gasteiger partial charge in [-0.2, -0.15) is 0 Å². The number of aliphatic hydroxyl groups is 1. The molecule has 0 spiro atoms. The van der Waals surface area contributed by atoms with E-state index in [1.807, 2.05) is 24.3 Å². The highest BCUT2D eigenvalue weighted by Crippen LogP contribution is 2.71. The second-order valence-corrected chi connectivity index (χ2v) is 9.94. The van der Waals surface area contributed by atoms with Gasteiger partial charge in [-0.3, -0.25) is 4.79 Å². The number of benzene rings is 1. The number of aliphatic hydroxyl groups excluding tert-OH is 1. The van der Waals surface area contributed by atoms with Crippen LogP contribution < -0.4 is 4.74 Å². The van der Waals surface area contributed by atoms with Gasteiger partial charge >= 0.3 is 0 Å². The third kappa shape index (κ3) is 3.34. The van der Waals surface area contributed by atoms with E-state index in [0.717, 1.165) is 34.9 Å². The number of aryl methyl sites for hydroxylation is 2. The second kappa shape index (κ2) is 6.75. The Morgan fingerprint density at radius 2 is 2.04 bits per heavy atom. The summed E-state index contributed by atoms with van der Waals surface area (Å²) in [6.07, 6.45) is 1.92. The smallest absolute Gasteiger partial charge is 0.173 e. The lowest BCUT2D eigenvalue weighted by Gasteiger charge is -2.10. The first kappa shape index (κ1) is 18.7. The maximum atomic E-state index is 12.9. The first-order valence-corrected chi connectivity index (χ1v) is 10.7. The van der Waals surface area contributed by atoms with Crippen LogP contribution in [0, 0.1) is 18.3 Å². The summed E-state index contributed by atoms with van der Waals surface area (Å²) in [5.74, 6) is 2.47. The van der Waals surface area contributed by atoms with Crippen LogP contribution in [0.2, 0.25) is 0 Å². The molecule has 0 bridgehead atoms. The zero-order valence-electron chi connectivity index (χ0n) is 16.5. The minimum atomic E-state index is -0.477. The SMILES string of the molecule is Cc1sc(C(=O)CCc2ccc(OCC(C)O)cc2)c2c1[C@H]1[C@@H](C2)C1(C)C. The fourth-order valence-corrected chi connectivity index (χ4v) is 5.90. The number of hydrogen-bond acceptors (Lipinski definition) is 4. The van der Waals surface area contributed by atoms with Gasteiger partial charge in [0.05, 0.1) is 11.0 Å². The Hall–Kier alpha value is -1.65. The molecule has 1 fully saturated rings. The van der Waals surface area contributed by atoms with Crippen LogP contribution in [-0.2, 0) is 12.8 Å². The number of hydrogen-bond donors (Lipinski definition) is 1. The van der Waals surface area contributed by atoms with E-state index in [2.05, 4.69) is 20.8 Å². The van der Waals surface area contributed by atoms with Gasteiger partial charge in [0, 0.05) is 11.3 Å². The molecule has 4 heteroatoms. The monoisotopic (exact) mass is 384 g/mol. The average Bonchev–Trinajstić information content (AvgIpc) is 2.96. The largest absolute Gasteiger partial charge is 0.491 e. The van der Waals surface area contributed by atoms with Crippen LogP contribution in [0.1, 0.15) is 64.3 Å². The molecule has 1 aromatic carbocycles. The third-order valence-corrected chi connectivity index (χ3v) is 7.53. The molecule has 0 radical (unpaired) electrons. The fraction of sp³-hybridized carbons (Fsp3) is 0.522. The molecule has 3 atom stereocenters. The van der Waals surface area contributed by atoms with Gasteiger partial charge in [-0.1, -0.05) is 26.0 Å². The number of Topliss-reactive ketones (excluding diaryl/α,β-unsaturated/α-hetero) is 1. The van der Waals surface area contributed by atoms with Crippen molar-refractivity contribution in [3.05, 3.63) is 50.7 Å². The van der Waals surface area contributed by atoms with Gasteiger partial charge in [-0.25, -0.2) is 0 Å². The Labute approximate surface area is 165 Å². The summed E-state index contributed by atoms with van der Waals surface area (Å²) < 4.78 is 5.49. The second-order valence-electron chi connectivity index (χ2n) is 8.72. The summed E-state index contributed by atoms with van der Waals surface area (Å²) in [6, 6.07) is 7.83. The molecule has 2 aliphatic carbocycles. The quantitative estimate of drug-likeness (QED) is 0.689. The topological polar surface area (TPSA) is 46.5 Å². The van der Waals surface area contributed by atoms with Crippen LogP contribution in [0.4, 0.5) is 0 Å². The van der Waals surface area contributed by atoms with E-state index in [1.54, 1.807) is 18.3 Å². The summed E-state index contributed by atoms with van der Waals surface area (Å²) >= 11 is 1.71. The molecule has 0 saturated heterocycles. The molecule has 1 aromatic heterocycles. The van der Waals surface area contributed by atoms with Gasteiger partial charge in [0.15, 0.2) is 5.78 Å². The van der Waals surface area contributed by atoms with Crippen LogP contribution in [0.25, 0.3) is 0 Å². The van der Waals surface area contributed by atoms with E-state index in [-0.39, 0.29) is 5.78 Å². The number of ether oxygens (including phenoxy) is 1. The molecule has 27 heavy (non-hydrogen) atoms. The maximum absolute atomic E-state index is 12.9. The highest BCUT2D eigenvalue weighted by atomic mass is 32.1. The zero-order chi connectivity index (χ0) is 19.3. The van der Waals surface area contributed by atoms with Gasteiger partial charge in [0.25, 0.3) is 0 Å². The first-order chi connectivity index (χ1) is 12.8. The molecule has 1 saturated carbocycles. The Balaban J connectivity index is 1.38. The summed E-state index contributed by atoms with van der Waals surface area (Å²) in [5, 5.41) is 9.28. The fourth-order valence-electron chi connectivity index (χ4n) is 4.70. The average molecular weight is 385 g/mol. The highest BCUT2D eigenvalue weighted by Gasteiger charge is 2.63. The van der Waals surface area contributed by atoms with E-state index >= 15 is 0 Å². The first-order valence-electron chi connectivity index (χ1n) is 9.84. The molecule has 0 aliphatic heterocycles. The normalized spacial score (nSPS) is 22.9. The number of fused-ring (bicyclic) bond motifs is 3. The molecular weight excluding hydrogens is 356 g/mol. The number of ketones is 1. The molecule has 0 amide bonds. The molecule has 1 heterocycles. The van der Waals surface area contributed by atoms with Crippen molar-refractivity contribution in [2.45, 2.75) is 59.0 Å². The highest BCUT2D eigenvalue weighted by molar-refractivity contribution is 7.14. The molecule has 2 aromatic rings. The van der Waals surface area contributed by atoms with E-state index < -0.39 is 6.10 Å². The van der Waals surface area contributed by atoms with E-state index in [9.17, 15) is 9.90 Å². The lowest BCUT2D eigenvalue weighted by atomic mass is 9.94. The third-order valence-electron chi connectivity index (χ3n) is 6.33. The predicted octanol–water partition coefficient (Wildman–Crippen LogP) is 4.93. The van der Waals surface area contributed by atoms with Gasteiger partial charge in [0.1, 0.15) is 12.4 Å². The number of carbonyl (C=O) groups is 1. The van der Waals surface area contributed by atoms with E-state index in [1.165, 1.54) is 16.0 Å². The molecule has 1 unspecified atom stereocenters. The molecule has 3 nitrogen and oxygen atoms in total. The lowest BCUT2D eigenvalue weighted by Crippen LogP contribution is -2.12. The van der Waals surface area contributed by atoms with Crippen molar-refractivity contribution in [2.24, 2.45) is 11.3 Å². The Morgan fingerprint density at radius 1 is 1.33 bits per heavy atom. The standard InChI is InChI=1S/C23H28O3S/c1-13(24)12-26-16-8-5-15(6-9-16)7-10-19(25)22-17-11-18-21(23(18,3)4)20(17)14(2)27-22/h5-6,8-9,13,18,21,24H,7,10-12H2,1-4H3/t13?,18-,21-/m1/s1. The predicted molar refractivity (Wildman–Crippen MR) is 109 cm³/mol. The van der Waals surface area contributed by atoms with Gasteiger partial charge in [-0.15, -0.1) is 11.3 Å². The summed E-state index contributed by atoms with van der Waals surface area (Å²) in [4.78, 5) is 15.2. The number of rotatable bonds is 7. The minimum absolute atomic E-state index is 0.290. The maximum Gasteiger partial charge on any atom is 0.173 e. The van der Waals surface area contributed by atoms with Crippen LogP contribution in [0.15, 0.2) is 24.3 Å². The summed E-state index contributed by atoms with van der Waals surface area (Å²) in [5.41, 5.74) is 4.43. The Bertz CT molecular complexity index is 860. The van der Waals surface area contributed by atoms with Gasteiger partial charge in [-0.05, 0) is 72.8 Å². The van der Waals surface area contributed by atoms with Crippen molar-refractivity contribution >= 4 is 17.1 Å². The van der Waals surface area contributed by atoms with Crippen molar-refractivity contribution in [3.8, 4) is 5.75 Å². The van der Waals surface area contributed by atoms with Crippen LogP contribution in [0.5, 0.6) is 5.75 Å². The zero-order valence-corrected chi connectivity index (χ0v) is 17.4. The van der Waals surface area contributed by atoms with Crippen molar-refractivity contribution < 1.29 is 14.6 Å². The number of carbonyl (C=O) groups excluding carboxylic acids is 1. The summed E-state index contributed by atoms with van der Waals surface area (Å²) in [7, 11) is 0. The minimum Gasteiger partial charge on any atom is -0.491 e. The molecule has 4 rings (SSSR count). The van der Waals surface area contributed by atoms with Crippen LogP contribution in [0.3, 0.4) is 0 Å². The Morgan fingerprint density at radius 3 is 2.70 bits per heavy atom. The van der Waals surface area contributed by atoms with Crippen LogP contribution in [-0.4, -0.2) is 23.6 Å².